The highest BCUT2D eigenvalue weighted by molar-refractivity contribution is 7.89. The number of hydrogen-bond donors (Lipinski definition) is 3. The Labute approximate surface area is 160 Å². The molecule has 3 rings (SSSR count). The molecule has 0 saturated heterocycles. The number of nitrogens with one attached hydrogen (secondary N) is 2. The van der Waals surface area contributed by atoms with Crippen LogP contribution in [0.2, 0.25) is 0 Å². The zero-order valence-electron chi connectivity index (χ0n) is 15.5. The summed E-state index contributed by atoms with van der Waals surface area (Å²) in [5, 5.41) is 11.9. The molecule has 0 radical (unpaired) electrons. The van der Waals surface area contributed by atoms with Crippen LogP contribution in [0.3, 0.4) is 0 Å². The van der Waals surface area contributed by atoms with Gasteiger partial charge in [0, 0.05) is 25.6 Å². The standard InChI is InChI=1S/C20H26N4O2S/c1-22-19(24-15-20(12-13-20)17-5-3-2-4-6-17)23-14-11-16-7-9-18(10-8-16)27(21,25)26/h2-10H,11-15H2,1H3,(H2,21,25,26)(H2,22,23,24). The fourth-order valence-electron chi connectivity index (χ4n) is 3.15. The van der Waals surface area contributed by atoms with Crippen molar-refractivity contribution in [3.8, 4) is 0 Å². The van der Waals surface area contributed by atoms with Crippen LogP contribution < -0.4 is 15.8 Å². The molecule has 144 valence electrons. The Hall–Kier alpha value is -2.38. The molecule has 27 heavy (non-hydrogen) atoms. The van der Waals surface area contributed by atoms with Crippen LogP contribution in [0.4, 0.5) is 0 Å². The predicted octanol–water partition coefficient (Wildman–Crippen LogP) is 1.77. The number of primary sulfonamides is 1. The first kappa shape index (κ1) is 19.4. The van der Waals surface area contributed by atoms with E-state index >= 15 is 0 Å². The minimum Gasteiger partial charge on any atom is -0.356 e. The van der Waals surface area contributed by atoms with Gasteiger partial charge in [-0.1, -0.05) is 42.5 Å². The summed E-state index contributed by atoms with van der Waals surface area (Å²) in [6.07, 6.45) is 3.14. The number of nitrogens with zero attached hydrogens (tertiary/aromatic N) is 1. The quantitative estimate of drug-likeness (QED) is 0.499. The molecule has 1 aliphatic carbocycles. The number of benzene rings is 2. The van der Waals surface area contributed by atoms with E-state index in [2.05, 4.69) is 39.9 Å². The first-order valence-corrected chi connectivity index (χ1v) is 10.6. The molecule has 2 aromatic rings. The Morgan fingerprint density at radius 1 is 1.07 bits per heavy atom. The molecule has 0 atom stereocenters. The van der Waals surface area contributed by atoms with Crippen molar-refractivity contribution < 1.29 is 8.42 Å². The van der Waals surface area contributed by atoms with E-state index in [1.54, 1.807) is 19.2 Å². The van der Waals surface area contributed by atoms with Crippen LogP contribution in [-0.4, -0.2) is 34.5 Å². The molecule has 1 fully saturated rings. The smallest absolute Gasteiger partial charge is 0.238 e. The van der Waals surface area contributed by atoms with Crippen molar-refractivity contribution in [2.24, 2.45) is 10.1 Å². The summed E-state index contributed by atoms with van der Waals surface area (Å²) in [7, 11) is -1.88. The number of sulfonamides is 1. The summed E-state index contributed by atoms with van der Waals surface area (Å²) < 4.78 is 22.6. The van der Waals surface area contributed by atoms with E-state index in [0.29, 0.717) is 6.54 Å². The van der Waals surface area contributed by atoms with Crippen molar-refractivity contribution in [2.75, 3.05) is 20.1 Å². The second-order valence-electron chi connectivity index (χ2n) is 6.94. The van der Waals surface area contributed by atoms with Gasteiger partial charge in [-0.25, -0.2) is 13.6 Å². The van der Waals surface area contributed by atoms with E-state index in [-0.39, 0.29) is 10.3 Å². The lowest BCUT2D eigenvalue weighted by Gasteiger charge is -2.19. The van der Waals surface area contributed by atoms with Crippen LogP contribution >= 0.6 is 0 Å². The lowest BCUT2D eigenvalue weighted by atomic mass is 9.96. The monoisotopic (exact) mass is 386 g/mol. The summed E-state index contributed by atoms with van der Waals surface area (Å²) in [6, 6.07) is 17.2. The lowest BCUT2D eigenvalue weighted by molar-refractivity contribution is 0.598. The highest BCUT2D eigenvalue weighted by Gasteiger charge is 2.43. The molecule has 0 spiro atoms. The lowest BCUT2D eigenvalue weighted by Crippen LogP contribution is -2.41. The fourth-order valence-corrected chi connectivity index (χ4v) is 3.67. The number of hydrogen-bond acceptors (Lipinski definition) is 3. The zero-order chi connectivity index (χ0) is 19.3. The van der Waals surface area contributed by atoms with Gasteiger partial charge in [0.1, 0.15) is 0 Å². The van der Waals surface area contributed by atoms with Crippen LogP contribution in [0, 0.1) is 0 Å². The van der Waals surface area contributed by atoms with Gasteiger partial charge < -0.3 is 10.6 Å². The molecule has 0 unspecified atom stereocenters. The minimum atomic E-state index is -3.64. The van der Waals surface area contributed by atoms with E-state index in [1.165, 1.54) is 30.5 Å². The Balaban J connectivity index is 1.47. The van der Waals surface area contributed by atoms with Crippen LogP contribution in [0.5, 0.6) is 0 Å². The number of rotatable bonds is 7. The minimum absolute atomic E-state index is 0.132. The van der Waals surface area contributed by atoms with E-state index in [4.69, 9.17) is 5.14 Å². The zero-order valence-corrected chi connectivity index (χ0v) is 16.3. The fraction of sp³-hybridized carbons (Fsp3) is 0.350. The molecule has 0 heterocycles. The third-order valence-electron chi connectivity index (χ3n) is 5.02. The molecule has 6 nitrogen and oxygen atoms in total. The molecule has 0 aromatic heterocycles. The molecule has 0 amide bonds. The largest absolute Gasteiger partial charge is 0.356 e. The highest BCUT2D eigenvalue weighted by atomic mass is 32.2. The van der Waals surface area contributed by atoms with Crippen LogP contribution in [-0.2, 0) is 21.9 Å². The van der Waals surface area contributed by atoms with Crippen molar-refractivity contribution in [3.63, 3.8) is 0 Å². The van der Waals surface area contributed by atoms with Gasteiger partial charge in [0.05, 0.1) is 4.90 Å². The van der Waals surface area contributed by atoms with Crippen LogP contribution in [0.25, 0.3) is 0 Å². The van der Waals surface area contributed by atoms with E-state index in [1.807, 2.05) is 6.07 Å². The molecule has 1 saturated carbocycles. The number of guanidine groups is 1. The second-order valence-corrected chi connectivity index (χ2v) is 8.50. The molecular formula is C20H26N4O2S. The van der Waals surface area contributed by atoms with Gasteiger partial charge in [-0.2, -0.15) is 0 Å². The average Bonchev–Trinajstić information content (AvgIpc) is 3.46. The van der Waals surface area contributed by atoms with Gasteiger partial charge in [0.2, 0.25) is 10.0 Å². The summed E-state index contributed by atoms with van der Waals surface area (Å²) in [5.41, 5.74) is 2.64. The van der Waals surface area contributed by atoms with Crippen LogP contribution in [0.15, 0.2) is 64.5 Å². The maximum Gasteiger partial charge on any atom is 0.238 e. The van der Waals surface area contributed by atoms with Crippen LogP contribution in [0.1, 0.15) is 24.0 Å². The van der Waals surface area contributed by atoms with Gasteiger partial charge in [0.25, 0.3) is 0 Å². The SMILES string of the molecule is CN=C(NCCc1ccc(S(N)(=O)=O)cc1)NCC1(c2ccccc2)CC1. The topological polar surface area (TPSA) is 96.6 Å². The van der Waals surface area contributed by atoms with Crippen molar-refractivity contribution in [1.29, 1.82) is 0 Å². The van der Waals surface area contributed by atoms with E-state index in [9.17, 15) is 8.42 Å². The third kappa shape index (κ3) is 5.08. The van der Waals surface area contributed by atoms with Crippen molar-refractivity contribution >= 4 is 16.0 Å². The molecular weight excluding hydrogens is 360 g/mol. The predicted molar refractivity (Wildman–Crippen MR) is 108 cm³/mol. The highest BCUT2D eigenvalue weighted by Crippen LogP contribution is 2.47. The summed E-state index contributed by atoms with van der Waals surface area (Å²) in [5.74, 6) is 0.776. The van der Waals surface area contributed by atoms with E-state index in [0.717, 1.165) is 24.5 Å². The van der Waals surface area contributed by atoms with Crippen molar-refractivity contribution in [2.45, 2.75) is 29.6 Å². The van der Waals surface area contributed by atoms with Gasteiger partial charge in [0.15, 0.2) is 5.96 Å². The molecule has 1 aliphatic rings. The summed E-state index contributed by atoms with van der Waals surface area (Å²) in [4.78, 5) is 4.42. The maximum atomic E-state index is 11.3. The summed E-state index contributed by atoms with van der Waals surface area (Å²) in [6.45, 7) is 1.56. The number of nitrogens with two attached hydrogens (primary N) is 1. The van der Waals surface area contributed by atoms with Gasteiger partial charge in [-0.15, -0.1) is 0 Å². The Morgan fingerprint density at radius 2 is 1.74 bits per heavy atom. The van der Waals surface area contributed by atoms with Crippen molar-refractivity contribution in [1.82, 2.24) is 10.6 Å². The molecule has 4 N–H and O–H groups in total. The molecule has 7 heteroatoms. The molecule has 0 aliphatic heterocycles. The second kappa shape index (κ2) is 8.10. The number of aliphatic imine (C=N–C) groups is 1. The normalized spacial score (nSPS) is 16.0. The molecule has 2 aromatic carbocycles. The van der Waals surface area contributed by atoms with Gasteiger partial charge in [-0.3, -0.25) is 4.99 Å². The third-order valence-corrected chi connectivity index (χ3v) is 5.94. The summed E-state index contributed by atoms with van der Waals surface area (Å²) >= 11 is 0. The van der Waals surface area contributed by atoms with Gasteiger partial charge >= 0.3 is 0 Å². The molecule has 0 bridgehead atoms. The van der Waals surface area contributed by atoms with E-state index < -0.39 is 10.0 Å². The first-order valence-electron chi connectivity index (χ1n) is 9.05. The first-order chi connectivity index (χ1) is 12.9. The van der Waals surface area contributed by atoms with Crippen molar-refractivity contribution in [3.05, 3.63) is 65.7 Å². The maximum absolute atomic E-state index is 11.3. The Bertz CT molecular complexity index is 889. The Kier molecular flexibility index (Phi) is 5.82. The Morgan fingerprint density at radius 3 is 2.30 bits per heavy atom. The van der Waals surface area contributed by atoms with Gasteiger partial charge in [-0.05, 0) is 42.5 Å². The average molecular weight is 387 g/mol.